The second-order valence-corrected chi connectivity index (χ2v) is 5.99. The molecular weight excluding hydrogens is 206 g/mol. The van der Waals surface area contributed by atoms with Gasteiger partial charge in [-0.2, -0.15) is 0 Å². The average molecular weight is 225 g/mol. The standard InChI is InChI=1S/C12H19NOS/c1-8(2)13-11(14)9-6-10(15-7-9)12(3,4)5/h6-8H,1-5H3,(H,13,14). The fourth-order valence-corrected chi connectivity index (χ4v) is 2.17. The van der Waals surface area contributed by atoms with Crippen molar-refractivity contribution in [2.24, 2.45) is 0 Å². The number of rotatable bonds is 2. The van der Waals surface area contributed by atoms with Crippen LogP contribution in [0.5, 0.6) is 0 Å². The minimum Gasteiger partial charge on any atom is -0.350 e. The van der Waals surface area contributed by atoms with Crippen LogP contribution in [0.25, 0.3) is 0 Å². The molecule has 0 saturated carbocycles. The van der Waals surface area contributed by atoms with Crippen LogP contribution in [0.1, 0.15) is 49.9 Å². The van der Waals surface area contributed by atoms with Gasteiger partial charge < -0.3 is 5.32 Å². The highest BCUT2D eigenvalue weighted by molar-refractivity contribution is 7.10. The van der Waals surface area contributed by atoms with E-state index in [9.17, 15) is 4.79 Å². The van der Waals surface area contributed by atoms with Crippen LogP contribution >= 0.6 is 11.3 Å². The van der Waals surface area contributed by atoms with E-state index >= 15 is 0 Å². The molecule has 1 rings (SSSR count). The van der Waals surface area contributed by atoms with E-state index < -0.39 is 0 Å². The van der Waals surface area contributed by atoms with E-state index in [0.717, 1.165) is 5.56 Å². The van der Waals surface area contributed by atoms with E-state index in [4.69, 9.17) is 0 Å². The summed E-state index contributed by atoms with van der Waals surface area (Å²) in [5.74, 6) is 0.0248. The molecule has 0 radical (unpaired) electrons. The molecule has 0 aliphatic rings. The quantitative estimate of drug-likeness (QED) is 0.823. The van der Waals surface area contributed by atoms with Crippen LogP contribution in [0.4, 0.5) is 0 Å². The Morgan fingerprint density at radius 2 is 2.00 bits per heavy atom. The van der Waals surface area contributed by atoms with Crippen LogP contribution in [-0.4, -0.2) is 11.9 Å². The van der Waals surface area contributed by atoms with Gasteiger partial charge in [0.05, 0.1) is 5.56 Å². The number of carbonyl (C=O) groups excluding carboxylic acids is 1. The topological polar surface area (TPSA) is 29.1 Å². The van der Waals surface area contributed by atoms with Crippen molar-refractivity contribution >= 4 is 17.2 Å². The third-order valence-corrected chi connectivity index (χ3v) is 3.38. The molecule has 2 nitrogen and oxygen atoms in total. The minimum absolute atomic E-state index is 0.0248. The summed E-state index contributed by atoms with van der Waals surface area (Å²) < 4.78 is 0. The van der Waals surface area contributed by atoms with Crippen LogP contribution in [0.3, 0.4) is 0 Å². The summed E-state index contributed by atoms with van der Waals surface area (Å²) in [7, 11) is 0. The molecule has 84 valence electrons. The Bertz CT molecular complexity index is 347. The van der Waals surface area contributed by atoms with Crippen LogP contribution in [0, 0.1) is 0 Å². The Balaban J connectivity index is 2.81. The molecular formula is C12H19NOS. The smallest absolute Gasteiger partial charge is 0.252 e. The number of hydrogen-bond donors (Lipinski definition) is 1. The maximum absolute atomic E-state index is 11.7. The summed E-state index contributed by atoms with van der Waals surface area (Å²) in [6.45, 7) is 10.4. The fourth-order valence-electron chi connectivity index (χ4n) is 1.19. The lowest BCUT2D eigenvalue weighted by atomic mass is 9.94. The first-order chi connectivity index (χ1) is 6.80. The second kappa shape index (κ2) is 4.35. The van der Waals surface area contributed by atoms with Gasteiger partial charge in [-0.3, -0.25) is 4.79 Å². The molecule has 0 aromatic carbocycles. The van der Waals surface area contributed by atoms with Crippen molar-refractivity contribution in [1.29, 1.82) is 0 Å². The summed E-state index contributed by atoms with van der Waals surface area (Å²) >= 11 is 1.65. The molecule has 1 aromatic rings. The summed E-state index contributed by atoms with van der Waals surface area (Å²) in [5, 5.41) is 4.82. The van der Waals surface area contributed by atoms with E-state index in [-0.39, 0.29) is 17.4 Å². The third kappa shape index (κ3) is 3.34. The molecule has 0 saturated heterocycles. The van der Waals surface area contributed by atoms with Gasteiger partial charge in [-0.1, -0.05) is 20.8 Å². The highest BCUT2D eigenvalue weighted by Gasteiger charge is 2.18. The second-order valence-electron chi connectivity index (χ2n) is 5.08. The summed E-state index contributed by atoms with van der Waals surface area (Å²) in [4.78, 5) is 12.9. The molecule has 0 spiro atoms. The average Bonchev–Trinajstić information content (AvgIpc) is 2.48. The number of hydrogen-bond acceptors (Lipinski definition) is 2. The van der Waals surface area contributed by atoms with E-state index in [1.807, 2.05) is 25.3 Å². The Morgan fingerprint density at radius 1 is 1.40 bits per heavy atom. The van der Waals surface area contributed by atoms with Gasteiger partial charge in [0, 0.05) is 16.3 Å². The Morgan fingerprint density at radius 3 is 2.40 bits per heavy atom. The summed E-state index contributed by atoms with van der Waals surface area (Å²) in [5.41, 5.74) is 0.903. The molecule has 0 atom stereocenters. The first kappa shape index (κ1) is 12.2. The minimum atomic E-state index is 0.0248. The molecule has 1 heterocycles. The first-order valence-electron chi connectivity index (χ1n) is 5.20. The number of nitrogens with one attached hydrogen (secondary N) is 1. The van der Waals surface area contributed by atoms with Gasteiger partial charge in [0.1, 0.15) is 0 Å². The predicted octanol–water partition coefficient (Wildman–Crippen LogP) is 3.18. The Kier molecular flexibility index (Phi) is 3.55. The molecule has 0 unspecified atom stereocenters. The molecule has 1 aromatic heterocycles. The molecule has 15 heavy (non-hydrogen) atoms. The largest absolute Gasteiger partial charge is 0.350 e. The van der Waals surface area contributed by atoms with Gasteiger partial charge >= 0.3 is 0 Å². The SMILES string of the molecule is CC(C)NC(=O)c1csc(C(C)(C)C)c1. The zero-order chi connectivity index (χ0) is 11.6. The molecule has 0 fully saturated rings. The predicted molar refractivity (Wildman–Crippen MR) is 65.6 cm³/mol. The molecule has 1 N–H and O–H groups in total. The van der Waals surface area contributed by atoms with E-state index in [1.54, 1.807) is 11.3 Å². The molecule has 0 bridgehead atoms. The normalized spacial score (nSPS) is 11.9. The maximum atomic E-state index is 11.7. The van der Waals surface area contributed by atoms with Gasteiger partial charge in [-0.05, 0) is 25.3 Å². The van der Waals surface area contributed by atoms with E-state index in [2.05, 4.69) is 26.1 Å². The van der Waals surface area contributed by atoms with Gasteiger partial charge in [0.15, 0.2) is 0 Å². The molecule has 3 heteroatoms. The zero-order valence-electron chi connectivity index (χ0n) is 10.0. The zero-order valence-corrected chi connectivity index (χ0v) is 10.9. The number of thiophene rings is 1. The number of carbonyl (C=O) groups is 1. The monoisotopic (exact) mass is 225 g/mol. The summed E-state index contributed by atoms with van der Waals surface area (Å²) in [6, 6.07) is 2.18. The van der Waals surface area contributed by atoms with Crippen molar-refractivity contribution in [3.8, 4) is 0 Å². The van der Waals surface area contributed by atoms with Crippen LogP contribution < -0.4 is 5.32 Å². The van der Waals surface area contributed by atoms with Gasteiger partial charge in [0.2, 0.25) is 0 Å². The van der Waals surface area contributed by atoms with Crippen LogP contribution in [0.15, 0.2) is 11.4 Å². The van der Waals surface area contributed by atoms with E-state index in [1.165, 1.54) is 4.88 Å². The van der Waals surface area contributed by atoms with Crippen LogP contribution in [0.2, 0.25) is 0 Å². The van der Waals surface area contributed by atoms with Gasteiger partial charge in [-0.25, -0.2) is 0 Å². The Labute approximate surface area is 95.7 Å². The lowest BCUT2D eigenvalue weighted by Gasteiger charge is -2.15. The highest BCUT2D eigenvalue weighted by atomic mass is 32.1. The van der Waals surface area contributed by atoms with Crippen LogP contribution in [-0.2, 0) is 5.41 Å². The first-order valence-corrected chi connectivity index (χ1v) is 6.08. The van der Waals surface area contributed by atoms with Crippen molar-refractivity contribution in [2.45, 2.75) is 46.1 Å². The fraction of sp³-hybridized carbons (Fsp3) is 0.583. The number of amides is 1. The van der Waals surface area contributed by atoms with Crippen molar-refractivity contribution in [3.63, 3.8) is 0 Å². The molecule has 0 aliphatic carbocycles. The van der Waals surface area contributed by atoms with Crippen molar-refractivity contribution < 1.29 is 4.79 Å². The lowest BCUT2D eigenvalue weighted by molar-refractivity contribution is 0.0943. The van der Waals surface area contributed by atoms with Gasteiger partial charge in [-0.15, -0.1) is 11.3 Å². The van der Waals surface area contributed by atoms with Crippen molar-refractivity contribution in [2.75, 3.05) is 0 Å². The molecule has 0 aliphatic heterocycles. The molecule has 1 amide bonds. The van der Waals surface area contributed by atoms with Gasteiger partial charge in [0.25, 0.3) is 5.91 Å². The van der Waals surface area contributed by atoms with Crippen molar-refractivity contribution in [3.05, 3.63) is 21.9 Å². The van der Waals surface area contributed by atoms with Crippen molar-refractivity contribution in [1.82, 2.24) is 5.32 Å². The third-order valence-electron chi connectivity index (χ3n) is 2.02. The highest BCUT2D eigenvalue weighted by Crippen LogP contribution is 2.28. The maximum Gasteiger partial charge on any atom is 0.252 e. The lowest BCUT2D eigenvalue weighted by Crippen LogP contribution is -2.29. The van der Waals surface area contributed by atoms with E-state index in [0.29, 0.717) is 0 Å². The Hall–Kier alpha value is -0.830. The summed E-state index contributed by atoms with van der Waals surface area (Å²) in [6.07, 6.45) is 0.